The molecule has 1 saturated carbocycles. The Morgan fingerprint density at radius 1 is 1.41 bits per heavy atom. The Hall–Kier alpha value is -1.32. The van der Waals surface area contributed by atoms with Gasteiger partial charge in [0, 0.05) is 38.1 Å². The maximum Gasteiger partial charge on any atom is 0.242 e. The zero-order chi connectivity index (χ0) is 14.9. The van der Waals surface area contributed by atoms with E-state index < -0.39 is 0 Å². The number of hydrogen-bond donors (Lipinski definition) is 3. The number of amides is 1. The number of carbonyl (C=O) groups is 1. The fourth-order valence-electron chi connectivity index (χ4n) is 1.87. The van der Waals surface area contributed by atoms with Crippen LogP contribution >= 0.6 is 24.0 Å². The van der Waals surface area contributed by atoms with Crippen LogP contribution in [0.4, 0.5) is 0 Å². The highest BCUT2D eigenvalue weighted by Gasteiger charge is 2.22. The molecule has 1 amide bonds. The van der Waals surface area contributed by atoms with Gasteiger partial charge in [-0.1, -0.05) is 0 Å². The standard InChI is InChI=1S/C14H24N6O.HI/c1-2-15-14(17-11-13(21)19-12-5-6-12)16-7-3-9-20-10-4-8-18-20;/h4,8,10,12H,2-3,5-7,9,11H2,1H3,(H,19,21)(H2,15,16,17);1H. The van der Waals surface area contributed by atoms with Gasteiger partial charge in [-0.25, -0.2) is 4.99 Å². The summed E-state index contributed by atoms with van der Waals surface area (Å²) in [5.41, 5.74) is 0. The average Bonchev–Trinajstić information content (AvgIpc) is 3.13. The predicted molar refractivity (Wildman–Crippen MR) is 97.4 cm³/mol. The van der Waals surface area contributed by atoms with Crippen molar-refractivity contribution in [3.05, 3.63) is 18.5 Å². The molecule has 1 fully saturated rings. The molecule has 0 atom stereocenters. The zero-order valence-corrected chi connectivity index (χ0v) is 15.2. The second-order valence-corrected chi connectivity index (χ2v) is 5.09. The van der Waals surface area contributed by atoms with Crippen molar-refractivity contribution in [2.24, 2.45) is 4.99 Å². The number of nitrogens with one attached hydrogen (secondary N) is 3. The van der Waals surface area contributed by atoms with Gasteiger partial charge in [-0.05, 0) is 32.3 Å². The molecule has 0 aromatic carbocycles. The van der Waals surface area contributed by atoms with E-state index in [2.05, 4.69) is 26.0 Å². The maximum absolute atomic E-state index is 11.6. The highest BCUT2D eigenvalue weighted by Crippen LogP contribution is 2.18. The molecule has 124 valence electrons. The number of aryl methyl sites for hydroxylation is 1. The van der Waals surface area contributed by atoms with Crippen molar-refractivity contribution in [2.45, 2.75) is 38.8 Å². The highest BCUT2D eigenvalue weighted by molar-refractivity contribution is 14.0. The first-order valence-electron chi connectivity index (χ1n) is 7.57. The van der Waals surface area contributed by atoms with Crippen molar-refractivity contribution in [1.29, 1.82) is 0 Å². The Morgan fingerprint density at radius 2 is 2.23 bits per heavy atom. The van der Waals surface area contributed by atoms with Crippen molar-refractivity contribution < 1.29 is 4.79 Å². The predicted octanol–water partition coefficient (Wildman–Crippen LogP) is 0.725. The summed E-state index contributed by atoms with van der Waals surface area (Å²) < 4.78 is 1.90. The molecule has 1 aromatic rings. The Kier molecular flexibility index (Phi) is 8.86. The van der Waals surface area contributed by atoms with E-state index in [9.17, 15) is 4.79 Å². The van der Waals surface area contributed by atoms with E-state index in [-0.39, 0.29) is 36.4 Å². The lowest BCUT2D eigenvalue weighted by molar-refractivity contribution is -0.119. The minimum absolute atomic E-state index is 0. The van der Waals surface area contributed by atoms with Crippen LogP contribution < -0.4 is 16.0 Å². The fourth-order valence-corrected chi connectivity index (χ4v) is 1.87. The van der Waals surface area contributed by atoms with Gasteiger partial charge in [-0.2, -0.15) is 5.10 Å². The number of nitrogens with zero attached hydrogens (tertiary/aromatic N) is 3. The van der Waals surface area contributed by atoms with Crippen LogP contribution in [0.5, 0.6) is 0 Å². The van der Waals surface area contributed by atoms with Crippen LogP contribution in [0.2, 0.25) is 0 Å². The van der Waals surface area contributed by atoms with Gasteiger partial charge < -0.3 is 16.0 Å². The smallest absolute Gasteiger partial charge is 0.242 e. The molecule has 0 radical (unpaired) electrons. The van der Waals surface area contributed by atoms with E-state index in [1.165, 1.54) is 0 Å². The van der Waals surface area contributed by atoms with Gasteiger partial charge in [-0.15, -0.1) is 24.0 Å². The van der Waals surface area contributed by atoms with Crippen LogP contribution in [0.1, 0.15) is 26.2 Å². The van der Waals surface area contributed by atoms with Gasteiger partial charge in [0.1, 0.15) is 6.54 Å². The van der Waals surface area contributed by atoms with Gasteiger partial charge >= 0.3 is 0 Å². The second kappa shape index (κ2) is 10.4. The molecule has 1 aromatic heterocycles. The minimum Gasteiger partial charge on any atom is -0.357 e. The van der Waals surface area contributed by atoms with E-state index in [4.69, 9.17) is 0 Å². The molecule has 0 saturated heterocycles. The van der Waals surface area contributed by atoms with Crippen LogP contribution in [0.15, 0.2) is 23.5 Å². The number of hydrogen-bond acceptors (Lipinski definition) is 3. The van der Waals surface area contributed by atoms with E-state index in [0.717, 1.165) is 38.9 Å². The van der Waals surface area contributed by atoms with Crippen LogP contribution in [-0.2, 0) is 11.3 Å². The number of guanidine groups is 1. The van der Waals surface area contributed by atoms with Gasteiger partial charge in [0.15, 0.2) is 5.96 Å². The van der Waals surface area contributed by atoms with Crippen molar-refractivity contribution in [3.8, 4) is 0 Å². The molecular weight excluding hydrogens is 395 g/mol. The largest absolute Gasteiger partial charge is 0.357 e. The summed E-state index contributed by atoms with van der Waals surface area (Å²) in [5, 5.41) is 13.4. The molecule has 1 aliphatic carbocycles. The summed E-state index contributed by atoms with van der Waals surface area (Å²) in [7, 11) is 0. The summed E-state index contributed by atoms with van der Waals surface area (Å²) in [6, 6.07) is 2.30. The first kappa shape index (κ1) is 18.7. The molecule has 8 heteroatoms. The van der Waals surface area contributed by atoms with E-state index in [1.54, 1.807) is 6.20 Å². The summed E-state index contributed by atoms with van der Waals surface area (Å²) in [6.45, 7) is 4.60. The SMILES string of the molecule is CCNC(=NCC(=O)NC1CC1)NCCCn1cccn1.I. The molecule has 1 heterocycles. The number of rotatable bonds is 8. The molecule has 0 spiro atoms. The van der Waals surface area contributed by atoms with Crippen LogP contribution in [-0.4, -0.2) is 47.3 Å². The number of aliphatic imine (C=N–C) groups is 1. The lowest BCUT2D eigenvalue weighted by atomic mass is 10.4. The lowest BCUT2D eigenvalue weighted by Crippen LogP contribution is -2.39. The number of halogens is 1. The Labute approximate surface area is 148 Å². The summed E-state index contributed by atoms with van der Waals surface area (Å²) >= 11 is 0. The van der Waals surface area contributed by atoms with Crippen LogP contribution in [0, 0.1) is 0 Å². The fraction of sp³-hybridized carbons (Fsp3) is 0.643. The Balaban J connectivity index is 0.00000242. The van der Waals surface area contributed by atoms with Gasteiger partial charge in [0.25, 0.3) is 0 Å². The molecule has 0 unspecified atom stereocenters. The Morgan fingerprint density at radius 3 is 2.86 bits per heavy atom. The third-order valence-corrected chi connectivity index (χ3v) is 3.08. The summed E-state index contributed by atoms with van der Waals surface area (Å²) in [4.78, 5) is 15.9. The third kappa shape index (κ3) is 7.62. The number of aromatic nitrogens is 2. The third-order valence-electron chi connectivity index (χ3n) is 3.08. The molecule has 3 N–H and O–H groups in total. The topological polar surface area (TPSA) is 83.3 Å². The zero-order valence-electron chi connectivity index (χ0n) is 12.9. The average molecular weight is 420 g/mol. The monoisotopic (exact) mass is 420 g/mol. The van der Waals surface area contributed by atoms with Crippen LogP contribution in [0.3, 0.4) is 0 Å². The Bertz CT molecular complexity index is 458. The molecule has 22 heavy (non-hydrogen) atoms. The van der Waals surface area contributed by atoms with E-state index >= 15 is 0 Å². The van der Waals surface area contributed by atoms with Crippen molar-refractivity contribution in [2.75, 3.05) is 19.6 Å². The summed E-state index contributed by atoms with van der Waals surface area (Å²) in [6.07, 6.45) is 6.86. The lowest BCUT2D eigenvalue weighted by Gasteiger charge is -2.11. The van der Waals surface area contributed by atoms with E-state index in [0.29, 0.717) is 12.0 Å². The van der Waals surface area contributed by atoms with Gasteiger partial charge in [0.05, 0.1) is 0 Å². The molecule has 7 nitrogen and oxygen atoms in total. The second-order valence-electron chi connectivity index (χ2n) is 5.09. The van der Waals surface area contributed by atoms with Gasteiger partial charge in [0.2, 0.25) is 5.91 Å². The molecule has 1 aliphatic rings. The quantitative estimate of drug-likeness (QED) is 0.251. The molecule has 0 aliphatic heterocycles. The minimum atomic E-state index is -0.00811. The molecular formula is C14H25IN6O. The van der Waals surface area contributed by atoms with Crippen molar-refractivity contribution in [3.63, 3.8) is 0 Å². The first-order chi connectivity index (χ1) is 10.3. The maximum atomic E-state index is 11.6. The van der Waals surface area contributed by atoms with Crippen molar-refractivity contribution >= 4 is 35.8 Å². The highest BCUT2D eigenvalue weighted by atomic mass is 127. The van der Waals surface area contributed by atoms with Gasteiger partial charge in [-0.3, -0.25) is 9.48 Å². The number of carbonyl (C=O) groups excluding carboxylic acids is 1. The van der Waals surface area contributed by atoms with E-state index in [1.807, 2.05) is 23.9 Å². The van der Waals surface area contributed by atoms with Crippen molar-refractivity contribution in [1.82, 2.24) is 25.7 Å². The molecule has 0 bridgehead atoms. The molecule has 2 rings (SSSR count). The normalized spacial score (nSPS) is 14.1. The van der Waals surface area contributed by atoms with Crippen LogP contribution in [0.25, 0.3) is 0 Å². The summed E-state index contributed by atoms with van der Waals surface area (Å²) in [5.74, 6) is 0.676. The first-order valence-corrected chi connectivity index (χ1v) is 7.57.